The molecule has 6 aromatic rings. The summed E-state index contributed by atoms with van der Waals surface area (Å²) in [6, 6.07) is 29.5. The molecule has 2 fully saturated rings. The number of carbonyl (C=O) groups excluding carboxylic acids is 4. The van der Waals surface area contributed by atoms with Crippen LogP contribution in [0.5, 0.6) is 0 Å². The van der Waals surface area contributed by atoms with Gasteiger partial charge in [-0.2, -0.15) is 0 Å². The number of hydrogen-bond donors (Lipinski definition) is 5. The highest BCUT2D eigenvalue weighted by atomic mass is 16.3. The molecule has 12 heteroatoms. The molecule has 2 saturated carbocycles. The predicted molar refractivity (Wildman–Crippen MR) is 253 cm³/mol. The molecule has 332 valence electrons. The summed E-state index contributed by atoms with van der Waals surface area (Å²) in [7, 11) is 4.05. The number of hydrogen-bond acceptors (Lipinski definition) is 8. The van der Waals surface area contributed by atoms with Crippen LogP contribution in [0.4, 0.5) is 11.4 Å². The van der Waals surface area contributed by atoms with Crippen molar-refractivity contribution in [3.63, 3.8) is 0 Å². The van der Waals surface area contributed by atoms with Crippen molar-refractivity contribution in [1.82, 2.24) is 25.5 Å². The van der Waals surface area contributed by atoms with E-state index in [1.807, 2.05) is 74.8 Å². The standard InChI is InChI=1S/C27H32N4O2.C25H27N3O3/c1-31(2)18-20-14-15-23(22-12-7-6-11-21(20)22)26(32)30-24-13-8-16-28-25(24)27(33)29-17-19-9-4-3-5-10-19;29-16-18-12-13-21(20-10-5-4-9-19(18)20)24(30)28-22-11-6-14-26-23(22)25(31)27-15-17-7-2-1-3-8-17/h6-8,11-16,19H,3-5,9-10,17-18H2,1-2H3,(H,29,33)(H,30,32);4-6,9-14,17,29H,1-3,7-8,15-16H2,(H,27,31)(H,28,30). The number of nitrogens with zero attached hydrogens (tertiary/aromatic N) is 3. The second-order valence-corrected chi connectivity index (χ2v) is 17.2. The quantitative estimate of drug-likeness (QED) is 0.0767. The Balaban J connectivity index is 0.000000192. The Kier molecular flexibility index (Phi) is 15.8. The van der Waals surface area contributed by atoms with Crippen LogP contribution in [0.25, 0.3) is 21.5 Å². The largest absolute Gasteiger partial charge is 0.392 e. The number of aliphatic hydroxyl groups is 1. The second kappa shape index (κ2) is 22.2. The van der Waals surface area contributed by atoms with E-state index in [-0.39, 0.29) is 41.6 Å². The zero-order valence-corrected chi connectivity index (χ0v) is 36.9. The van der Waals surface area contributed by atoms with Gasteiger partial charge in [0.05, 0.1) is 18.0 Å². The van der Waals surface area contributed by atoms with Gasteiger partial charge in [0.15, 0.2) is 11.4 Å². The number of amides is 4. The fourth-order valence-electron chi connectivity index (χ4n) is 8.91. The average Bonchev–Trinajstić information content (AvgIpc) is 3.33. The third kappa shape index (κ3) is 11.5. The molecule has 64 heavy (non-hydrogen) atoms. The van der Waals surface area contributed by atoms with E-state index in [1.165, 1.54) is 38.5 Å². The number of aromatic nitrogens is 2. The van der Waals surface area contributed by atoms with E-state index in [0.29, 0.717) is 47.4 Å². The van der Waals surface area contributed by atoms with Crippen molar-refractivity contribution in [3.8, 4) is 0 Å². The zero-order chi connectivity index (χ0) is 44.8. The van der Waals surface area contributed by atoms with Crippen LogP contribution in [0.1, 0.15) is 117 Å². The minimum absolute atomic E-state index is 0.101. The molecule has 2 aliphatic rings. The van der Waals surface area contributed by atoms with Gasteiger partial charge in [-0.3, -0.25) is 19.2 Å². The number of benzene rings is 4. The van der Waals surface area contributed by atoms with Crippen LogP contribution in [0.3, 0.4) is 0 Å². The summed E-state index contributed by atoms with van der Waals surface area (Å²) >= 11 is 0. The number of nitrogens with one attached hydrogen (secondary N) is 4. The first-order chi connectivity index (χ1) is 31.2. The van der Waals surface area contributed by atoms with Gasteiger partial charge in [-0.05, 0) is 121 Å². The first-order valence-electron chi connectivity index (χ1n) is 22.6. The van der Waals surface area contributed by atoms with Crippen molar-refractivity contribution in [3.05, 3.63) is 143 Å². The molecular formula is C52H59N7O5. The highest BCUT2D eigenvalue weighted by Gasteiger charge is 2.22. The predicted octanol–water partition coefficient (Wildman–Crippen LogP) is 9.15. The molecule has 0 atom stereocenters. The molecule has 0 bridgehead atoms. The van der Waals surface area contributed by atoms with Crippen LogP contribution in [-0.2, 0) is 13.2 Å². The molecule has 0 aliphatic heterocycles. The van der Waals surface area contributed by atoms with Gasteiger partial charge in [0.25, 0.3) is 23.6 Å². The van der Waals surface area contributed by atoms with Crippen LogP contribution in [0, 0.1) is 11.8 Å². The first-order valence-corrected chi connectivity index (χ1v) is 22.6. The summed E-state index contributed by atoms with van der Waals surface area (Å²) in [5.41, 5.74) is 4.23. The fraction of sp³-hybridized carbons (Fsp3) is 0.346. The van der Waals surface area contributed by atoms with Gasteiger partial charge >= 0.3 is 0 Å². The second-order valence-electron chi connectivity index (χ2n) is 17.2. The minimum Gasteiger partial charge on any atom is -0.392 e. The molecule has 8 rings (SSSR count). The summed E-state index contributed by atoms with van der Waals surface area (Å²) in [5.74, 6) is -0.0658. The van der Waals surface area contributed by atoms with E-state index in [2.05, 4.69) is 36.1 Å². The Bertz CT molecular complexity index is 2580. The van der Waals surface area contributed by atoms with E-state index in [4.69, 9.17) is 0 Å². The zero-order valence-electron chi connectivity index (χ0n) is 36.9. The van der Waals surface area contributed by atoms with Crippen LogP contribution < -0.4 is 21.3 Å². The lowest BCUT2D eigenvalue weighted by molar-refractivity contribution is 0.0930. The van der Waals surface area contributed by atoms with Crippen molar-refractivity contribution >= 4 is 56.5 Å². The lowest BCUT2D eigenvalue weighted by Crippen LogP contribution is -2.31. The first kappa shape index (κ1) is 45.5. The van der Waals surface area contributed by atoms with E-state index < -0.39 is 0 Å². The Labute approximate surface area is 375 Å². The molecule has 2 aliphatic carbocycles. The molecule has 4 amide bonds. The van der Waals surface area contributed by atoms with E-state index in [1.54, 1.807) is 48.8 Å². The smallest absolute Gasteiger partial charge is 0.272 e. The third-order valence-corrected chi connectivity index (χ3v) is 12.3. The molecule has 0 saturated heterocycles. The molecule has 2 aromatic heterocycles. The maximum atomic E-state index is 13.3. The molecular weight excluding hydrogens is 803 g/mol. The summed E-state index contributed by atoms with van der Waals surface area (Å²) < 4.78 is 0. The Morgan fingerprint density at radius 2 is 0.953 bits per heavy atom. The molecule has 2 heterocycles. The van der Waals surface area contributed by atoms with E-state index in [0.717, 1.165) is 64.9 Å². The van der Waals surface area contributed by atoms with Gasteiger partial charge < -0.3 is 31.3 Å². The lowest BCUT2D eigenvalue weighted by atomic mass is 9.89. The van der Waals surface area contributed by atoms with Crippen LogP contribution >= 0.6 is 0 Å². The van der Waals surface area contributed by atoms with Crippen molar-refractivity contribution in [2.45, 2.75) is 77.4 Å². The molecule has 0 radical (unpaired) electrons. The monoisotopic (exact) mass is 861 g/mol. The summed E-state index contributed by atoms with van der Waals surface area (Å²) in [5, 5.41) is 24.9. The molecule has 5 N–H and O–H groups in total. The van der Waals surface area contributed by atoms with Crippen molar-refractivity contribution in [2.24, 2.45) is 11.8 Å². The van der Waals surface area contributed by atoms with Crippen LogP contribution in [0.15, 0.2) is 109 Å². The number of aliphatic hydroxyl groups excluding tert-OH is 1. The van der Waals surface area contributed by atoms with Gasteiger partial charge in [-0.15, -0.1) is 0 Å². The molecule has 4 aromatic carbocycles. The van der Waals surface area contributed by atoms with Crippen molar-refractivity contribution in [2.75, 3.05) is 37.8 Å². The molecule has 0 unspecified atom stereocenters. The van der Waals surface area contributed by atoms with Crippen molar-refractivity contribution in [1.29, 1.82) is 0 Å². The minimum atomic E-state index is -0.324. The average molecular weight is 862 g/mol. The number of rotatable bonds is 13. The van der Waals surface area contributed by atoms with Gasteiger partial charge in [-0.25, -0.2) is 9.97 Å². The Morgan fingerprint density at radius 1 is 0.531 bits per heavy atom. The van der Waals surface area contributed by atoms with E-state index >= 15 is 0 Å². The van der Waals surface area contributed by atoms with Gasteiger partial charge in [0, 0.05) is 43.2 Å². The summed E-state index contributed by atoms with van der Waals surface area (Å²) in [4.78, 5) is 62.6. The number of anilines is 2. The Morgan fingerprint density at radius 3 is 1.39 bits per heavy atom. The summed E-state index contributed by atoms with van der Waals surface area (Å²) in [6.07, 6.45) is 15.2. The molecule has 12 nitrogen and oxygen atoms in total. The lowest BCUT2D eigenvalue weighted by Gasteiger charge is -2.21. The van der Waals surface area contributed by atoms with Gasteiger partial charge in [0.2, 0.25) is 0 Å². The SMILES string of the molecule is CN(C)Cc1ccc(C(=O)Nc2cccnc2C(=O)NCC2CCCCC2)c2ccccc12.O=C(NCC1CCCCC1)c1ncccc1NC(=O)c1ccc(CO)c2ccccc12. The number of fused-ring (bicyclic) bond motifs is 2. The number of pyridine rings is 2. The maximum Gasteiger partial charge on any atom is 0.272 e. The van der Waals surface area contributed by atoms with Crippen LogP contribution in [-0.4, -0.2) is 70.8 Å². The van der Waals surface area contributed by atoms with Crippen LogP contribution in [0.2, 0.25) is 0 Å². The van der Waals surface area contributed by atoms with Crippen molar-refractivity contribution < 1.29 is 24.3 Å². The third-order valence-electron chi connectivity index (χ3n) is 12.3. The highest BCUT2D eigenvalue weighted by Crippen LogP contribution is 2.28. The number of carbonyl (C=O) groups is 4. The maximum absolute atomic E-state index is 13.3. The van der Waals surface area contributed by atoms with E-state index in [9.17, 15) is 24.3 Å². The fourth-order valence-corrected chi connectivity index (χ4v) is 8.91. The van der Waals surface area contributed by atoms with Gasteiger partial charge in [-0.1, -0.05) is 99.2 Å². The summed E-state index contributed by atoms with van der Waals surface area (Å²) in [6.45, 7) is 1.98. The normalized spacial score (nSPS) is 14.4. The highest BCUT2D eigenvalue weighted by molar-refractivity contribution is 6.16. The topological polar surface area (TPSA) is 166 Å². The van der Waals surface area contributed by atoms with Gasteiger partial charge in [0.1, 0.15) is 0 Å². The Hall–Kier alpha value is -6.50. The molecule has 0 spiro atoms.